The lowest BCUT2D eigenvalue weighted by Gasteiger charge is -2.42. The van der Waals surface area contributed by atoms with Crippen LogP contribution in [0.15, 0.2) is 53.4 Å². The molecule has 1 saturated heterocycles. The van der Waals surface area contributed by atoms with Gasteiger partial charge in [0.05, 0.1) is 12.3 Å². The summed E-state index contributed by atoms with van der Waals surface area (Å²) in [5.74, 6) is 0.489. The fourth-order valence-electron chi connectivity index (χ4n) is 4.21. The molecule has 1 atom stereocenters. The van der Waals surface area contributed by atoms with Gasteiger partial charge in [0.15, 0.2) is 5.56 Å². The summed E-state index contributed by atoms with van der Waals surface area (Å²) in [5, 5.41) is 14.8. The number of unbranched alkanes of at least 4 members (excludes halogenated alkanes) is 1. The molecule has 2 aromatic carbocycles. The molecule has 1 fully saturated rings. The predicted molar refractivity (Wildman–Crippen MR) is 119 cm³/mol. The first kappa shape index (κ1) is 21.4. The molecule has 0 bridgehead atoms. The lowest BCUT2D eigenvalue weighted by atomic mass is 10.0. The normalized spacial score (nSPS) is 20.0. The number of aliphatic hydroxyl groups is 1. The number of thioether (sulfide) groups is 1. The summed E-state index contributed by atoms with van der Waals surface area (Å²) in [5.41, 5.74) is 0.549. The molecule has 2 aromatic rings. The van der Waals surface area contributed by atoms with Crippen LogP contribution in [-0.4, -0.2) is 59.9 Å². The summed E-state index contributed by atoms with van der Waals surface area (Å²) in [6, 6.07) is 14.8. The van der Waals surface area contributed by atoms with E-state index in [1.54, 1.807) is 12.1 Å². The third-order valence-electron chi connectivity index (χ3n) is 5.93. The Kier molecular flexibility index (Phi) is 7.15. The van der Waals surface area contributed by atoms with Gasteiger partial charge in [-0.05, 0) is 81.7 Å². The average molecular weight is 432 g/mol. The third kappa shape index (κ3) is 5.09. The van der Waals surface area contributed by atoms with Crippen molar-refractivity contribution in [1.29, 1.82) is 0 Å². The highest BCUT2D eigenvalue weighted by atomic mass is 32.2. The SMILES string of the molecule is CN(C1CCN(CCCCOc2ccc(F)cc2)CC1)N1c2ccccc2SC1O. The maximum absolute atomic E-state index is 12.9. The van der Waals surface area contributed by atoms with Crippen LogP contribution in [0.1, 0.15) is 25.7 Å². The number of nitrogens with zero attached hydrogens (tertiary/aromatic N) is 3. The molecule has 0 radical (unpaired) electrons. The second-order valence-electron chi connectivity index (χ2n) is 7.91. The van der Waals surface area contributed by atoms with E-state index < -0.39 is 5.56 Å². The van der Waals surface area contributed by atoms with Crippen molar-refractivity contribution < 1.29 is 14.2 Å². The van der Waals surface area contributed by atoms with Crippen LogP contribution in [0.2, 0.25) is 0 Å². The summed E-state index contributed by atoms with van der Waals surface area (Å²) < 4.78 is 18.6. The van der Waals surface area contributed by atoms with Crippen molar-refractivity contribution in [1.82, 2.24) is 9.91 Å². The Bertz CT molecular complexity index is 814. The van der Waals surface area contributed by atoms with E-state index in [9.17, 15) is 9.50 Å². The van der Waals surface area contributed by atoms with E-state index in [1.807, 2.05) is 17.1 Å². The van der Waals surface area contributed by atoms with Crippen molar-refractivity contribution in [3.8, 4) is 5.75 Å². The number of rotatable bonds is 8. The number of ether oxygens (including phenoxy) is 1. The minimum Gasteiger partial charge on any atom is -0.494 e. The topological polar surface area (TPSA) is 39.2 Å². The molecule has 0 spiro atoms. The summed E-state index contributed by atoms with van der Waals surface area (Å²) in [4.78, 5) is 3.66. The quantitative estimate of drug-likeness (QED) is 0.632. The average Bonchev–Trinajstić information content (AvgIpc) is 3.10. The maximum atomic E-state index is 12.9. The molecule has 2 heterocycles. The zero-order chi connectivity index (χ0) is 20.9. The number of halogens is 1. The van der Waals surface area contributed by atoms with Crippen molar-refractivity contribution in [3.05, 3.63) is 54.3 Å². The van der Waals surface area contributed by atoms with E-state index in [1.165, 1.54) is 23.9 Å². The molecular weight excluding hydrogens is 401 g/mol. The van der Waals surface area contributed by atoms with Gasteiger partial charge < -0.3 is 14.7 Å². The molecule has 1 N–H and O–H groups in total. The molecule has 0 aliphatic carbocycles. The van der Waals surface area contributed by atoms with Gasteiger partial charge in [0.2, 0.25) is 0 Å². The van der Waals surface area contributed by atoms with Gasteiger partial charge in [-0.15, -0.1) is 0 Å². The van der Waals surface area contributed by atoms with Gasteiger partial charge >= 0.3 is 0 Å². The van der Waals surface area contributed by atoms with Gasteiger partial charge in [0.25, 0.3) is 0 Å². The van der Waals surface area contributed by atoms with Crippen LogP contribution < -0.4 is 9.75 Å². The Morgan fingerprint density at radius 1 is 1.10 bits per heavy atom. The molecule has 1 unspecified atom stereocenters. The van der Waals surface area contributed by atoms with Gasteiger partial charge in [-0.1, -0.05) is 23.9 Å². The Morgan fingerprint density at radius 3 is 2.60 bits per heavy atom. The summed E-state index contributed by atoms with van der Waals surface area (Å²) in [6.07, 6.45) is 4.28. The number of likely N-dealkylation sites (tertiary alicyclic amines) is 1. The van der Waals surface area contributed by atoms with E-state index in [0.29, 0.717) is 12.6 Å². The lowest BCUT2D eigenvalue weighted by molar-refractivity contribution is 0.0863. The molecule has 4 rings (SSSR count). The lowest BCUT2D eigenvalue weighted by Crippen LogP contribution is -2.52. The minimum absolute atomic E-state index is 0.237. The zero-order valence-electron chi connectivity index (χ0n) is 17.4. The maximum Gasteiger partial charge on any atom is 0.194 e. The summed E-state index contributed by atoms with van der Waals surface area (Å²) in [6.45, 7) is 3.89. The van der Waals surface area contributed by atoms with Crippen molar-refractivity contribution in [2.24, 2.45) is 0 Å². The number of anilines is 1. The van der Waals surface area contributed by atoms with E-state index in [0.717, 1.165) is 61.6 Å². The molecular formula is C23H30FN3O2S. The third-order valence-corrected chi connectivity index (χ3v) is 6.94. The van der Waals surface area contributed by atoms with Gasteiger partial charge in [0, 0.05) is 18.0 Å². The van der Waals surface area contributed by atoms with Crippen LogP contribution in [0, 0.1) is 5.82 Å². The van der Waals surface area contributed by atoms with E-state index in [4.69, 9.17) is 4.74 Å². The number of aliphatic hydroxyl groups excluding tert-OH is 1. The predicted octanol–water partition coefficient (Wildman–Crippen LogP) is 4.18. The summed E-state index contributed by atoms with van der Waals surface area (Å²) in [7, 11) is 2.10. The largest absolute Gasteiger partial charge is 0.494 e. The second kappa shape index (κ2) is 10.0. The highest BCUT2D eigenvalue weighted by Crippen LogP contribution is 2.43. The van der Waals surface area contributed by atoms with E-state index >= 15 is 0 Å². The van der Waals surface area contributed by atoms with Gasteiger partial charge in [-0.2, -0.15) is 0 Å². The number of para-hydroxylation sites is 1. The van der Waals surface area contributed by atoms with Crippen LogP contribution in [-0.2, 0) is 0 Å². The fourth-order valence-corrected chi connectivity index (χ4v) is 5.23. The number of hydrogen-bond acceptors (Lipinski definition) is 6. The van der Waals surface area contributed by atoms with E-state index in [-0.39, 0.29) is 5.82 Å². The Morgan fingerprint density at radius 2 is 1.83 bits per heavy atom. The molecule has 2 aliphatic rings. The van der Waals surface area contributed by atoms with Crippen molar-refractivity contribution in [2.45, 2.75) is 42.2 Å². The summed E-state index contributed by atoms with van der Waals surface area (Å²) >= 11 is 1.51. The zero-order valence-corrected chi connectivity index (χ0v) is 18.2. The molecule has 30 heavy (non-hydrogen) atoms. The Balaban J connectivity index is 1.17. The minimum atomic E-state index is -0.550. The molecule has 5 nitrogen and oxygen atoms in total. The highest BCUT2D eigenvalue weighted by molar-refractivity contribution is 8.00. The molecule has 0 saturated carbocycles. The highest BCUT2D eigenvalue weighted by Gasteiger charge is 2.35. The van der Waals surface area contributed by atoms with Crippen LogP contribution >= 0.6 is 11.8 Å². The van der Waals surface area contributed by atoms with E-state index in [2.05, 4.69) is 29.1 Å². The van der Waals surface area contributed by atoms with Crippen molar-refractivity contribution in [2.75, 3.05) is 38.3 Å². The fraction of sp³-hybridized carbons (Fsp3) is 0.478. The second-order valence-corrected chi connectivity index (χ2v) is 9.01. The first-order valence-corrected chi connectivity index (χ1v) is 11.6. The number of piperidine rings is 1. The first-order valence-electron chi connectivity index (χ1n) is 10.7. The molecule has 2 aliphatic heterocycles. The van der Waals surface area contributed by atoms with Crippen molar-refractivity contribution >= 4 is 17.4 Å². The van der Waals surface area contributed by atoms with Crippen LogP contribution in [0.4, 0.5) is 10.1 Å². The standard InChI is InChI=1S/C23H30FN3O2S/c1-25(27-21-6-2-3-7-22(21)30-23(27)28)19-12-15-26(16-13-19)14-4-5-17-29-20-10-8-18(24)9-11-20/h2-3,6-11,19,23,28H,4-5,12-17H2,1H3. The first-order chi connectivity index (χ1) is 14.6. The molecule has 0 aromatic heterocycles. The number of hydrogen-bond donors (Lipinski definition) is 1. The van der Waals surface area contributed by atoms with Crippen molar-refractivity contribution in [3.63, 3.8) is 0 Å². The molecule has 0 amide bonds. The van der Waals surface area contributed by atoms with Crippen LogP contribution in [0.3, 0.4) is 0 Å². The van der Waals surface area contributed by atoms with Crippen LogP contribution in [0.25, 0.3) is 0 Å². The smallest absolute Gasteiger partial charge is 0.194 e. The van der Waals surface area contributed by atoms with Gasteiger partial charge in [-0.3, -0.25) is 5.01 Å². The monoisotopic (exact) mass is 431 g/mol. The Labute approximate surface area is 182 Å². The number of hydrazine groups is 1. The van der Waals surface area contributed by atoms with Crippen LogP contribution in [0.5, 0.6) is 5.75 Å². The van der Waals surface area contributed by atoms with Gasteiger partial charge in [-0.25, -0.2) is 9.40 Å². The van der Waals surface area contributed by atoms with Gasteiger partial charge in [0.1, 0.15) is 11.6 Å². The Hall–Kier alpha value is -1.80. The number of benzene rings is 2. The number of fused-ring (bicyclic) bond motifs is 1. The molecule has 7 heteroatoms. The molecule has 162 valence electrons.